The fourth-order valence-electron chi connectivity index (χ4n) is 11.9. The van der Waals surface area contributed by atoms with Gasteiger partial charge in [0.15, 0.2) is 5.58 Å². The Bertz CT molecular complexity index is 3120. The summed E-state index contributed by atoms with van der Waals surface area (Å²) in [6.07, 6.45) is 4.91. The quantitative estimate of drug-likeness (QED) is 0.155. The number of hydrogen-bond donors (Lipinski definition) is 0. The highest BCUT2D eigenvalue weighted by molar-refractivity contribution is 7.26. The molecule has 2 atom stereocenters. The molecule has 2 unspecified atom stereocenters. The summed E-state index contributed by atoms with van der Waals surface area (Å²) in [6, 6.07) is 37.7. The van der Waals surface area contributed by atoms with Crippen LogP contribution in [0.2, 0.25) is 0 Å². The zero-order chi connectivity index (χ0) is 39.8. The number of benzene rings is 6. The number of nitrogens with zero attached hydrogens (tertiary/aromatic N) is 2. The van der Waals surface area contributed by atoms with Crippen LogP contribution < -0.4 is 20.6 Å². The van der Waals surface area contributed by atoms with E-state index in [-0.39, 0.29) is 28.6 Å². The molecule has 8 aromatic rings. The Balaban J connectivity index is 1.31. The van der Waals surface area contributed by atoms with Gasteiger partial charge in [0.1, 0.15) is 5.58 Å². The molecule has 58 heavy (non-hydrogen) atoms. The number of fused-ring (bicyclic) bond motifs is 15. The molecular weight excluding hydrogens is 723 g/mol. The predicted molar refractivity (Wildman–Crippen MR) is 251 cm³/mol. The Morgan fingerprint density at radius 1 is 0.690 bits per heavy atom. The number of anilines is 4. The number of para-hydroxylation sites is 1. The Morgan fingerprint density at radius 2 is 1.45 bits per heavy atom. The molecular formula is C53H51BN2OS. The van der Waals surface area contributed by atoms with Gasteiger partial charge in [0.2, 0.25) is 0 Å². The molecule has 6 aromatic carbocycles. The van der Waals surface area contributed by atoms with Crippen molar-refractivity contribution >= 4 is 94.0 Å². The van der Waals surface area contributed by atoms with Crippen LogP contribution in [0.25, 0.3) is 53.2 Å². The Hall–Kier alpha value is -5.00. The van der Waals surface area contributed by atoms with Crippen molar-refractivity contribution in [2.24, 2.45) is 0 Å². The number of thiophene rings is 1. The first-order valence-corrected chi connectivity index (χ1v) is 22.3. The molecule has 2 aromatic heterocycles. The van der Waals surface area contributed by atoms with Gasteiger partial charge >= 0.3 is 6.85 Å². The molecule has 288 valence electrons. The average Bonchev–Trinajstić information content (AvgIpc) is 3.82. The minimum atomic E-state index is -0.0646. The summed E-state index contributed by atoms with van der Waals surface area (Å²) >= 11 is 1.96. The molecule has 0 radical (unpaired) electrons. The Kier molecular flexibility index (Phi) is 6.75. The van der Waals surface area contributed by atoms with Crippen molar-refractivity contribution < 1.29 is 4.42 Å². The van der Waals surface area contributed by atoms with E-state index in [0.29, 0.717) is 0 Å². The summed E-state index contributed by atoms with van der Waals surface area (Å²) < 4.78 is 9.94. The fraction of sp³-hybridized carbons (Fsp3) is 0.321. The van der Waals surface area contributed by atoms with Gasteiger partial charge in [-0.15, -0.1) is 11.3 Å². The summed E-state index contributed by atoms with van der Waals surface area (Å²) in [5, 5.41) is 5.10. The van der Waals surface area contributed by atoms with E-state index in [1.54, 1.807) is 5.56 Å². The van der Waals surface area contributed by atoms with Gasteiger partial charge in [0, 0.05) is 59.0 Å². The molecule has 1 aliphatic carbocycles. The molecule has 1 fully saturated rings. The van der Waals surface area contributed by atoms with Crippen molar-refractivity contribution in [3.05, 3.63) is 119 Å². The van der Waals surface area contributed by atoms with Crippen LogP contribution in [0.5, 0.6) is 0 Å². The van der Waals surface area contributed by atoms with Crippen LogP contribution in [-0.4, -0.2) is 12.4 Å². The molecule has 0 amide bonds. The van der Waals surface area contributed by atoms with Gasteiger partial charge in [0.25, 0.3) is 0 Å². The molecule has 0 saturated heterocycles. The molecule has 1 saturated carbocycles. The van der Waals surface area contributed by atoms with Crippen LogP contribution in [0.4, 0.5) is 22.7 Å². The topological polar surface area (TPSA) is 19.6 Å². The van der Waals surface area contributed by atoms with E-state index in [9.17, 15) is 0 Å². The van der Waals surface area contributed by atoms with E-state index >= 15 is 0 Å². The van der Waals surface area contributed by atoms with Crippen LogP contribution in [-0.2, 0) is 16.2 Å². The highest BCUT2D eigenvalue weighted by atomic mass is 32.1. The lowest BCUT2D eigenvalue weighted by atomic mass is 9.42. The number of furan rings is 1. The molecule has 0 bridgehead atoms. The van der Waals surface area contributed by atoms with Crippen molar-refractivity contribution in [2.45, 2.75) is 110 Å². The Labute approximate surface area is 346 Å². The van der Waals surface area contributed by atoms with E-state index in [4.69, 9.17) is 4.42 Å². The lowest BCUT2D eigenvalue weighted by Crippen LogP contribution is -2.64. The van der Waals surface area contributed by atoms with Gasteiger partial charge in [-0.2, -0.15) is 0 Å². The summed E-state index contributed by atoms with van der Waals surface area (Å²) in [6.45, 7) is 21.5. The Morgan fingerprint density at radius 3 is 2.24 bits per heavy atom. The van der Waals surface area contributed by atoms with Crippen LogP contribution >= 0.6 is 11.3 Å². The van der Waals surface area contributed by atoms with Crippen LogP contribution in [0.15, 0.2) is 101 Å². The maximum atomic E-state index is 7.23. The van der Waals surface area contributed by atoms with Crippen molar-refractivity contribution in [3.8, 4) is 11.1 Å². The molecule has 4 aliphatic rings. The van der Waals surface area contributed by atoms with Gasteiger partial charge < -0.3 is 14.1 Å². The average molecular weight is 775 g/mol. The first-order valence-electron chi connectivity index (χ1n) is 21.5. The second-order valence-corrected chi connectivity index (χ2v) is 21.6. The normalized spacial score (nSPS) is 20.9. The first kappa shape index (κ1) is 35.0. The monoisotopic (exact) mass is 774 g/mol. The van der Waals surface area contributed by atoms with Crippen molar-refractivity contribution in [2.75, 3.05) is 9.71 Å². The zero-order valence-corrected chi connectivity index (χ0v) is 36.2. The third-order valence-corrected chi connectivity index (χ3v) is 16.3. The number of hydrogen-bond acceptors (Lipinski definition) is 4. The summed E-state index contributed by atoms with van der Waals surface area (Å²) in [5.41, 5.74) is 18.3. The van der Waals surface area contributed by atoms with Gasteiger partial charge in [-0.25, -0.2) is 0 Å². The largest absolute Gasteiger partial charge is 0.454 e. The van der Waals surface area contributed by atoms with Crippen molar-refractivity contribution in [3.63, 3.8) is 0 Å². The second-order valence-electron chi connectivity index (χ2n) is 20.5. The molecule has 0 N–H and O–H groups in total. The van der Waals surface area contributed by atoms with E-state index in [1.165, 1.54) is 118 Å². The zero-order valence-electron chi connectivity index (χ0n) is 35.4. The van der Waals surface area contributed by atoms with Gasteiger partial charge in [-0.05, 0) is 113 Å². The summed E-state index contributed by atoms with van der Waals surface area (Å²) in [5.74, 6) is 0. The summed E-state index contributed by atoms with van der Waals surface area (Å²) in [7, 11) is 0. The van der Waals surface area contributed by atoms with E-state index in [2.05, 4.69) is 169 Å². The molecule has 12 rings (SSSR count). The minimum absolute atomic E-state index is 0.0171. The molecule has 5 heterocycles. The number of rotatable bonds is 1. The van der Waals surface area contributed by atoms with Crippen molar-refractivity contribution in [1.82, 2.24) is 0 Å². The lowest BCUT2D eigenvalue weighted by molar-refractivity contribution is 0.195. The summed E-state index contributed by atoms with van der Waals surface area (Å²) in [4.78, 5) is 5.61. The van der Waals surface area contributed by atoms with Crippen LogP contribution in [0.1, 0.15) is 103 Å². The first-order chi connectivity index (χ1) is 27.7. The van der Waals surface area contributed by atoms with E-state index in [1.807, 2.05) is 11.3 Å². The third-order valence-electron chi connectivity index (χ3n) is 15.2. The van der Waals surface area contributed by atoms with E-state index < -0.39 is 0 Å². The van der Waals surface area contributed by atoms with Crippen LogP contribution in [0.3, 0.4) is 0 Å². The van der Waals surface area contributed by atoms with E-state index in [0.717, 1.165) is 11.2 Å². The standard InChI is InChI=1S/C53H51BN2OS/c1-30-16-10-12-18-39(30)56-47-35(22-21-33-36-26-31(50(2,3)4)20-23-41(36)57-49(33)47)45-44-34-17-11-13-19-42(34)58-43(44)29-40-46(45)54(56)38-28-32(51(5,6)7)27-37-48(38)55(40)53(9)25-15-14-24-52(37,53)8/h10-13,16-23,26-29H,14-15,24-25H2,1-9H3. The smallest absolute Gasteiger partial charge is 0.333 e. The fourth-order valence-corrected chi connectivity index (χ4v) is 13.0. The maximum Gasteiger partial charge on any atom is 0.333 e. The minimum Gasteiger partial charge on any atom is -0.454 e. The molecule has 3 aliphatic heterocycles. The van der Waals surface area contributed by atoms with Crippen molar-refractivity contribution in [1.29, 1.82) is 0 Å². The highest BCUT2D eigenvalue weighted by Crippen LogP contribution is 2.64. The molecule has 3 nitrogen and oxygen atoms in total. The van der Waals surface area contributed by atoms with Gasteiger partial charge in [0.05, 0.1) is 11.2 Å². The lowest BCUT2D eigenvalue weighted by Gasteiger charge is -2.53. The highest BCUT2D eigenvalue weighted by Gasteiger charge is 2.62. The number of aryl methyl sites for hydroxylation is 1. The molecule has 5 heteroatoms. The predicted octanol–water partition coefficient (Wildman–Crippen LogP) is 13.8. The molecule has 0 spiro atoms. The van der Waals surface area contributed by atoms with Gasteiger partial charge in [-0.1, -0.05) is 122 Å². The van der Waals surface area contributed by atoms with Gasteiger partial charge in [-0.3, -0.25) is 0 Å². The maximum absolute atomic E-state index is 7.23. The second kappa shape index (κ2) is 11.2. The third kappa shape index (κ3) is 4.26. The SMILES string of the molecule is Cc1ccccc1N1B2c3cc(C(C)(C)C)cc4c3N(c3cc5sc6ccccc6c5c(c32)-c2ccc3c(oc5ccc(C(C)(C)C)cc53)c21)C1(C)CCCCC41C. The van der Waals surface area contributed by atoms with Crippen LogP contribution in [0, 0.1) is 6.92 Å².